The molecule has 22 heavy (non-hydrogen) atoms. The highest BCUT2D eigenvalue weighted by molar-refractivity contribution is 5.30. The van der Waals surface area contributed by atoms with Crippen molar-refractivity contribution in [2.24, 2.45) is 0 Å². The zero-order valence-electron chi connectivity index (χ0n) is 14.1. The van der Waals surface area contributed by atoms with Gasteiger partial charge in [-0.2, -0.15) is 0 Å². The van der Waals surface area contributed by atoms with Gasteiger partial charge in [0.25, 0.3) is 0 Å². The van der Waals surface area contributed by atoms with Gasteiger partial charge < -0.3 is 14.8 Å². The molecule has 1 heterocycles. The number of pyridine rings is 1. The quantitative estimate of drug-likeness (QED) is 0.697. The molecule has 0 spiro atoms. The molecular weight excluding hydrogens is 280 g/mol. The fourth-order valence-corrected chi connectivity index (χ4v) is 2.57. The molecule has 2 N–H and O–H groups in total. The maximum Gasteiger partial charge on any atom is 0.223 e. The van der Waals surface area contributed by atoms with Crippen LogP contribution in [0.25, 0.3) is 0 Å². The summed E-state index contributed by atoms with van der Waals surface area (Å²) < 4.78 is 1.91. The van der Waals surface area contributed by atoms with E-state index in [2.05, 4.69) is 25.7 Å². The number of hydrogen-bond acceptors (Lipinski definition) is 4. The number of nitrogens with zero attached hydrogens (tertiary/aromatic N) is 2. The highest BCUT2D eigenvalue weighted by Gasteiger charge is 2.16. The topological polar surface area (TPSA) is 65.7 Å². The van der Waals surface area contributed by atoms with Gasteiger partial charge in [-0.05, 0) is 25.9 Å². The van der Waals surface area contributed by atoms with Gasteiger partial charge in [0.1, 0.15) is 0 Å². The SMILES string of the molecule is CCCCN(CC)Cc1c(O)c(=O)cc(CO)n1CCCC. The molecule has 0 bridgehead atoms. The molecule has 0 atom stereocenters. The van der Waals surface area contributed by atoms with Gasteiger partial charge in [0.05, 0.1) is 12.3 Å². The van der Waals surface area contributed by atoms with Gasteiger partial charge in [-0.1, -0.05) is 33.6 Å². The molecule has 0 unspecified atom stereocenters. The summed E-state index contributed by atoms with van der Waals surface area (Å²) in [4.78, 5) is 14.2. The molecule has 0 aliphatic carbocycles. The largest absolute Gasteiger partial charge is 0.503 e. The van der Waals surface area contributed by atoms with Gasteiger partial charge in [0, 0.05) is 24.8 Å². The lowest BCUT2D eigenvalue weighted by Gasteiger charge is -2.25. The fourth-order valence-electron chi connectivity index (χ4n) is 2.57. The van der Waals surface area contributed by atoms with E-state index >= 15 is 0 Å². The normalized spacial score (nSPS) is 11.3. The van der Waals surface area contributed by atoms with E-state index in [9.17, 15) is 15.0 Å². The van der Waals surface area contributed by atoms with Crippen LogP contribution >= 0.6 is 0 Å². The van der Waals surface area contributed by atoms with Crippen molar-refractivity contribution >= 4 is 0 Å². The number of aliphatic hydroxyl groups excluding tert-OH is 1. The van der Waals surface area contributed by atoms with E-state index in [1.165, 1.54) is 6.07 Å². The van der Waals surface area contributed by atoms with E-state index in [4.69, 9.17) is 0 Å². The van der Waals surface area contributed by atoms with Crippen LogP contribution in [0.4, 0.5) is 0 Å². The Hall–Kier alpha value is -1.33. The van der Waals surface area contributed by atoms with Crippen LogP contribution in [0.5, 0.6) is 5.75 Å². The van der Waals surface area contributed by atoms with E-state index < -0.39 is 5.43 Å². The molecule has 0 radical (unpaired) electrons. The fraction of sp³-hybridized carbons (Fsp3) is 0.706. The Kier molecular flexibility index (Phi) is 8.20. The number of aliphatic hydroxyl groups is 1. The van der Waals surface area contributed by atoms with E-state index in [0.29, 0.717) is 24.5 Å². The third-order valence-electron chi connectivity index (χ3n) is 4.02. The average Bonchev–Trinajstić information content (AvgIpc) is 2.53. The van der Waals surface area contributed by atoms with Gasteiger partial charge in [0.15, 0.2) is 5.75 Å². The van der Waals surface area contributed by atoms with Crippen LogP contribution < -0.4 is 5.43 Å². The summed E-state index contributed by atoms with van der Waals surface area (Å²) in [7, 11) is 0. The number of rotatable bonds is 10. The Bertz CT molecular complexity index is 511. The van der Waals surface area contributed by atoms with Crippen LogP contribution in [0.15, 0.2) is 10.9 Å². The van der Waals surface area contributed by atoms with Crippen molar-refractivity contribution in [1.29, 1.82) is 0 Å². The van der Waals surface area contributed by atoms with Gasteiger partial charge in [-0.25, -0.2) is 0 Å². The van der Waals surface area contributed by atoms with Crippen LogP contribution in [-0.4, -0.2) is 32.8 Å². The minimum atomic E-state index is -0.404. The predicted molar refractivity (Wildman–Crippen MR) is 89.1 cm³/mol. The molecule has 0 aliphatic rings. The van der Waals surface area contributed by atoms with Gasteiger partial charge in [0.2, 0.25) is 5.43 Å². The number of aromatic hydroxyl groups is 1. The molecule has 0 fully saturated rings. The number of aromatic nitrogens is 1. The lowest BCUT2D eigenvalue weighted by Crippen LogP contribution is -2.28. The minimum absolute atomic E-state index is 0.178. The summed E-state index contributed by atoms with van der Waals surface area (Å²) in [6.07, 6.45) is 4.17. The van der Waals surface area contributed by atoms with Gasteiger partial charge in [-0.3, -0.25) is 9.69 Å². The van der Waals surface area contributed by atoms with Crippen molar-refractivity contribution in [2.45, 2.75) is 66.2 Å². The van der Waals surface area contributed by atoms with Crippen LogP contribution in [0.1, 0.15) is 57.8 Å². The third kappa shape index (κ3) is 4.85. The summed E-state index contributed by atoms with van der Waals surface area (Å²) in [5.74, 6) is -0.178. The van der Waals surface area contributed by atoms with Crippen LogP contribution in [0.2, 0.25) is 0 Å². The lowest BCUT2D eigenvalue weighted by molar-refractivity contribution is 0.247. The zero-order valence-corrected chi connectivity index (χ0v) is 14.1. The Morgan fingerprint density at radius 3 is 2.41 bits per heavy atom. The summed E-state index contributed by atoms with van der Waals surface area (Å²) in [6.45, 7) is 9.19. The minimum Gasteiger partial charge on any atom is -0.503 e. The van der Waals surface area contributed by atoms with E-state index in [1.54, 1.807) is 0 Å². The lowest BCUT2D eigenvalue weighted by atomic mass is 10.2. The summed E-state index contributed by atoms with van der Waals surface area (Å²) in [5, 5.41) is 19.8. The molecule has 5 heteroatoms. The molecule has 0 saturated carbocycles. The second-order valence-corrected chi connectivity index (χ2v) is 5.68. The Morgan fingerprint density at radius 1 is 1.18 bits per heavy atom. The average molecular weight is 310 g/mol. The van der Waals surface area contributed by atoms with Crippen molar-refractivity contribution in [1.82, 2.24) is 9.47 Å². The molecule has 0 aromatic carbocycles. The van der Waals surface area contributed by atoms with Crippen LogP contribution in [0.3, 0.4) is 0 Å². The van der Waals surface area contributed by atoms with Crippen molar-refractivity contribution in [2.75, 3.05) is 13.1 Å². The predicted octanol–water partition coefficient (Wildman–Crippen LogP) is 2.47. The molecule has 0 saturated heterocycles. The van der Waals surface area contributed by atoms with Gasteiger partial charge in [-0.15, -0.1) is 0 Å². The molecule has 1 aromatic heterocycles. The van der Waals surface area contributed by atoms with Crippen LogP contribution in [0, 0.1) is 0 Å². The Labute approximate surface area is 133 Å². The highest BCUT2D eigenvalue weighted by Crippen LogP contribution is 2.18. The number of hydrogen-bond donors (Lipinski definition) is 2. The molecular formula is C17H30N2O3. The maximum absolute atomic E-state index is 11.9. The van der Waals surface area contributed by atoms with E-state index in [-0.39, 0.29) is 12.4 Å². The molecule has 5 nitrogen and oxygen atoms in total. The second-order valence-electron chi connectivity index (χ2n) is 5.68. The first kappa shape index (κ1) is 18.7. The van der Waals surface area contributed by atoms with Crippen molar-refractivity contribution in [3.8, 4) is 5.75 Å². The first-order valence-electron chi connectivity index (χ1n) is 8.36. The first-order chi connectivity index (χ1) is 10.6. The molecule has 0 amide bonds. The second kappa shape index (κ2) is 9.64. The maximum atomic E-state index is 11.9. The third-order valence-corrected chi connectivity index (χ3v) is 4.02. The van der Waals surface area contributed by atoms with E-state index in [0.717, 1.165) is 38.8 Å². The molecule has 1 rings (SSSR count). The van der Waals surface area contributed by atoms with Crippen LogP contribution in [-0.2, 0) is 19.7 Å². The molecule has 1 aromatic rings. The van der Waals surface area contributed by atoms with E-state index in [1.807, 2.05) is 4.57 Å². The smallest absolute Gasteiger partial charge is 0.223 e. The molecule has 126 valence electrons. The van der Waals surface area contributed by atoms with Gasteiger partial charge >= 0.3 is 0 Å². The zero-order chi connectivity index (χ0) is 16.5. The summed E-state index contributed by atoms with van der Waals surface area (Å²) >= 11 is 0. The highest BCUT2D eigenvalue weighted by atomic mass is 16.3. The van der Waals surface area contributed by atoms with Crippen molar-refractivity contribution < 1.29 is 10.2 Å². The van der Waals surface area contributed by atoms with Crippen molar-refractivity contribution in [3.63, 3.8) is 0 Å². The van der Waals surface area contributed by atoms with Crippen molar-refractivity contribution in [3.05, 3.63) is 27.7 Å². The molecule has 0 aliphatic heterocycles. The summed E-state index contributed by atoms with van der Waals surface area (Å²) in [6, 6.07) is 1.34. The number of unbranched alkanes of at least 4 members (excludes halogenated alkanes) is 2. The Balaban J connectivity index is 3.17. The first-order valence-corrected chi connectivity index (χ1v) is 8.36. The Morgan fingerprint density at radius 2 is 1.86 bits per heavy atom. The summed E-state index contributed by atoms with van der Waals surface area (Å²) in [5.41, 5.74) is 0.805. The monoisotopic (exact) mass is 310 g/mol. The standard InChI is InChI=1S/C17H30N2O3/c1-4-7-9-18(6-3)12-15-17(22)16(21)11-14(13-20)19(15)10-8-5-2/h11,20,22H,4-10,12-13H2,1-3H3.